The maximum Gasteiger partial charge on any atom is 0.257 e. The second kappa shape index (κ2) is 5.02. The zero-order chi connectivity index (χ0) is 14.1. The smallest absolute Gasteiger partial charge is 0.257 e. The number of aryl methyl sites for hydroxylation is 1. The lowest BCUT2D eigenvalue weighted by Crippen LogP contribution is -2.11. The van der Waals surface area contributed by atoms with Gasteiger partial charge in [-0.3, -0.25) is 4.79 Å². The second-order valence-electron chi connectivity index (χ2n) is 4.72. The van der Waals surface area contributed by atoms with Gasteiger partial charge in [-0.2, -0.15) is 0 Å². The van der Waals surface area contributed by atoms with Gasteiger partial charge in [-0.05, 0) is 42.8 Å². The Kier molecular flexibility index (Phi) is 3.20. The van der Waals surface area contributed by atoms with E-state index in [9.17, 15) is 4.79 Å². The molecule has 0 radical (unpaired) electrons. The summed E-state index contributed by atoms with van der Waals surface area (Å²) in [4.78, 5) is 15.4. The summed E-state index contributed by atoms with van der Waals surface area (Å²) in [6.45, 7) is 1.99. The number of anilines is 1. The minimum absolute atomic E-state index is 0.149. The molecule has 1 amide bonds. The van der Waals surface area contributed by atoms with Crippen molar-refractivity contribution in [2.75, 3.05) is 5.32 Å². The molecular formula is C16H13ClN2O. The Hall–Kier alpha value is -2.26. The Morgan fingerprint density at radius 2 is 2.05 bits per heavy atom. The predicted octanol–water partition coefficient (Wildman–Crippen LogP) is 4.38. The van der Waals surface area contributed by atoms with Gasteiger partial charge in [0.1, 0.15) is 0 Å². The molecule has 0 fully saturated rings. The van der Waals surface area contributed by atoms with Gasteiger partial charge in [-0.1, -0.05) is 23.7 Å². The van der Waals surface area contributed by atoms with Crippen LogP contribution >= 0.6 is 11.6 Å². The van der Waals surface area contributed by atoms with Crippen LogP contribution in [0.25, 0.3) is 10.9 Å². The maximum absolute atomic E-state index is 12.3. The van der Waals surface area contributed by atoms with Crippen molar-refractivity contribution in [3.8, 4) is 0 Å². The molecule has 3 nitrogen and oxygen atoms in total. The summed E-state index contributed by atoms with van der Waals surface area (Å²) < 4.78 is 0. The van der Waals surface area contributed by atoms with Crippen LogP contribution in [0, 0.1) is 6.92 Å². The molecule has 0 spiro atoms. The highest BCUT2D eigenvalue weighted by Crippen LogP contribution is 2.23. The zero-order valence-corrected chi connectivity index (χ0v) is 11.7. The molecule has 3 rings (SSSR count). The van der Waals surface area contributed by atoms with Crippen molar-refractivity contribution in [1.82, 2.24) is 4.98 Å². The molecule has 1 aromatic heterocycles. The molecule has 0 aliphatic rings. The average Bonchev–Trinajstić information content (AvgIpc) is 2.81. The summed E-state index contributed by atoms with van der Waals surface area (Å²) in [5.74, 6) is -0.149. The molecule has 4 heteroatoms. The molecule has 0 bridgehead atoms. The van der Waals surface area contributed by atoms with Crippen LogP contribution in [0.3, 0.4) is 0 Å². The Balaban J connectivity index is 1.94. The number of fused-ring (bicyclic) bond motifs is 1. The predicted molar refractivity (Wildman–Crippen MR) is 82.4 cm³/mol. The third kappa shape index (κ3) is 2.40. The van der Waals surface area contributed by atoms with E-state index >= 15 is 0 Å². The highest BCUT2D eigenvalue weighted by molar-refractivity contribution is 6.31. The minimum atomic E-state index is -0.149. The molecule has 2 aromatic carbocycles. The van der Waals surface area contributed by atoms with Crippen LogP contribution in [0.1, 0.15) is 15.9 Å². The van der Waals surface area contributed by atoms with Crippen molar-refractivity contribution in [2.24, 2.45) is 0 Å². The second-order valence-corrected chi connectivity index (χ2v) is 5.15. The third-order valence-electron chi connectivity index (χ3n) is 3.16. The van der Waals surface area contributed by atoms with Crippen molar-refractivity contribution < 1.29 is 4.79 Å². The number of aromatic nitrogens is 1. The van der Waals surface area contributed by atoms with E-state index in [2.05, 4.69) is 10.3 Å². The highest BCUT2D eigenvalue weighted by atomic mass is 35.5. The molecule has 0 saturated heterocycles. The van der Waals surface area contributed by atoms with Gasteiger partial charge in [0.2, 0.25) is 0 Å². The maximum atomic E-state index is 12.3. The van der Waals surface area contributed by atoms with Crippen LogP contribution in [0.2, 0.25) is 5.02 Å². The van der Waals surface area contributed by atoms with Gasteiger partial charge in [0.25, 0.3) is 5.91 Å². The molecule has 0 atom stereocenters. The molecule has 0 aliphatic heterocycles. The molecule has 100 valence electrons. The summed E-state index contributed by atoms with van der Waals surface area (Å²) in [7, 11) is 0. The lowest BCUT2D eigenvalue weighted by atomic mass is 10.1. The Labute approximate surface area is 121 Å². The van der Waals surface area contributed by atoms with Gasteiger partial charge in [0, 0.05) is 27.8 Å². The molecule has 0 unspecified atom stereocenters. The fourth-order valence-corrected chi connectivity index (χ4v) is 2.37. The number of halogens is 1. The summed E-state index contributed by atoms with van der Waals surface area (Å²) in [5.41, 5.74) is 3.36. The number of hydrogen-bond acceptors (Lipinski definition) is 1. The summed E-state index contributed by atoms with van der Waals surface area (Å²) in [5, 5.41) is 4.33. The largest absolute Gasteiger partial charge is 0.360 e. The highest BCUT2D eigenvalue weighted by Gasteiger charge is 2.12. The van der Waals surface area contributed by atoms with Crippen molar-refractivity contribution in [2.45, 2.75) is 6.92 Å². The van der Waals surface area contributed by atoms with E-state index in [4.69, 9.17) is 11.6 Å². The number of aromatic amines is 1. The van der Waals surface area contributed by atoms with Crippen LogP contribution in [-0.4, -0.2) is 10.9 Å². The number of amides is 1. The summed E-state index contributed by atoms with van der Waals surface area (Å²) in [6.07, 6.45) is 1.70. The van der Waals surface area contributed by atoms with Crippen LogP contribution in [0.15, 0.2) is 48.7 Å². The average molecular weight is 285 g/mol. The Morgan fingerprint density at radius 3 is 2.85 bits per heavy atom. The first-order valence-electron chi connectivity index (χ1n) is 6.28. The van der Waals surface area contributed by atoms with Crippen molar-refractivity contribution in [3.05, 3.63) is 64.8 Å². The molecule has 3 aromatic rings. The fourth-order valence-electron chi connectivity index (χ4n) is 2.20. The Bertz CT molecular complexity index is 792. The summed E-state index contributed by atoms with van der Waals surface area (Å²) in [6, 6.07) is 13.1. The van der Waals surface area contributed by atoms with E-state index in [1.165, 1.54) is 0 Å². The van der Waals surface area contributed by atoms with Crippen molar-refractivity contribution in [3.63, 3.8) is 0 Å². The lowest BCUT2D eigenvalue weighted by Gasteiger charge is -2.05. The molecule has 0 aliphatic carbocycles. The van der Waals surface area contributed by atoms with E-state index in [0.29, 0.717) is 10.6 Å². The third-order valence-corrected chi connectivity index (χ3v) is 3.40. The SMILES string of the molecule is Cc1cccc(NC(=O)c2c[nH]c3ccc(Cl)cc23)c1. The molecule has 1 heterocycles. The lowest BCUT2D eigenvalue weighted by molar-refractivity contribution is 0.102. The molecule has 20 heavy (non-hydrogen) atoms. The number of benzene rings is 2. The van der Waals surface area contributed by atoms with Crippen LogP contribution in [0.5, 0.6) is 0 Å². The zero-order valence-electron chi connectivity index (χ0n) is 10.9. The minimum Gasteiger partial charge on any atom is -0.360 e. The van der Waals surface area contributed by atoms with Gasteiger partial charge >= 0.3 is 0 Å². The quantitative estimate of drug-likeness (QED) is 0.720. The standard InChI is InChI=1S/C16H13ClN2O/c1-10-3-2-4-12(7-10)19-16(20)14-9-18-15-6-5-11(17)8-13(14)15/h2-9,18H,1H3,(H,19,20). The first-order valence-corrected chi connectivity index (χ1v) is 6.66. The van der Waals surface area contributed by atoms with Gasteiger partial charge in [0.15, 0.2) is 0 Å². The van der Waals surface area contributed by atoms with Crippen LogP contribution < -0.4 is 5.32 Å². The van der Waals surface area contributed by atoms with E-state index < -0.39 is 0 Å². The Morgan fingerprint density at radius 1 is 1.20 bits per heavy atom. The number of H-pyrrole nitrogens is 1. The number of rotatable bonds is 2. The normalized spacial score (nSPS) is 10.7. The number of carbonyl (C=O) groups is 1. The molecule has 0 saturated carbocycles. The van der Waals surface area contributed by atoms with E-state index in [-0.39, 0.29) is 5.91 Å². The monoisotopic (exact) mass is 284 g/mol. The van der Waals surface area contributed by atoms with Crippen molar-refractivity contribution in [1.29, 1.82) is 0 Å². The van der Waals surface area contributed by atoms with Gasteiger partial charge in [-0.15, -0.1) is 0 Å². The molecule has 2 N–H and O–H groups in total. The fraction of sp³-hybridized carbons (Fsp3) is 0.0625. The number of hydrogen-bond donors (Lipinski definition) is 2. The van der Waals surface area contributed by atoms with Gasteiger partial charge < -0.3 is 10.3 Å². The van der Waals surface area contributed by atoms with Gasteiger partial charge in [-0.25, -0.2) is 0 Å². The van der Waals surface area contributed by atoms with E-state index in [1.54, 1.807) is 18.3 Å². The number of nitrogens with one attached hydrogen (secondary N) is 2. The van der Waals surface area contributed by atoms with Crippen molar-refractivity contribution >= 4 is 34.1 Å². The first-order chi connectivity index (χ1) is 9.63. The van der Waals surface area contributed by atoms with Crippen LogP contribution in [0.4, 0.5) is 5.69 Å². The molecular weight excluding hydrogens is 272 g/mol. The first kappa shape index (κ1) is 12.8. The summed E-state index contributed by atoms with van der Waals surface area (Å²) >= 11 is 5.99. The van der Waals surface area contributed by atoms with Gasteiger partial charge in [0.05, 0.1) is 5.56 Å². The topological polar surface area (TPSA) is 44.9 Å². The number of carbonyl (C=O) groups excluding carboxylic acids is 1. The van der Waals surface area contributed by atoms with Crippen LogP contribution in [-0.2, 0) is 0 Å². The van der Waals surface area contributed by atoms with E-state index in [0.717, 1.165) is 22.2 Å². The van der Waals surface area contributed by atoms with E-state index in [1.807, 2.05) is 37.3 Å².